The fraction of sp³-hybridized carbons (Fsp3) is 0.750. The number of nitrogens with one attached hydrogen (secondary N) is 3. The molecule has 2 aliphatic rings. The Morgan fingerprint density at radius 1 is 1.45 bits per heavy atom. The van der Waals surface area contributed by atoms with Gasteiger partial charge in [0.25, 0.3) is 0 Å². The van der Waals surface area contributed by atoms with Crippen LogP contribution in [0.4, 0.5) is 0 Å². The largest absolute Gasteiger partial charge is 0.480 e. The van der Waals surface area contributed by atoms with Gasteiger partial charge in [0.15, 0.2) is 0 Å². The fourth-order valence-corrected chi connectivity index (χ4v) is 3.10. The maximum Gasteiger partial charge on any atom is 0.322 e. The first-order valence-corrected chi connectivity index (χ1v) is 7.03. The van der Waals surface area contributed by atoms with Crippen molar-refractivity contribution in [2.45, 2.75) is 24.8 Å². The highest BCUT2D eigenvalue weighted by atomic mass is 16.4. The molecule has 2 aliphatic heterocycles. The van der Waals surface area contributed by atoms with Gasteiger partial charge in [0.05, 0.1) is 0 Å². The summed E-state index contributed by atoms with van der Waals surface area (Å²) in [7, 11) is 0. The van der Waals surface area contributed by atoms with Gasteiger partial charge in [0.1, 0.15) is 18.2 Å². The molecule has 0 spiro atoms. The lowest BCUT2D eigenvalue weighted by atomic mass is 9.94. The number of carbonyl (C=O) groups is 1. The summed E-state index contributed by atoms with van der Waals surface area (Å²) >= 11 is 0. The van der Waals surface area contributed by atoms with E-state index in [1.54, 1.807) is 6.33 Å². The zero-order valence-corrected chi connectivity index (χ0v) is 11.2. The fourth-order valence-electron chi connectivity index (χ4n) is 3.10. The van der Waals surface area contributed by atoms with Crippen LogP contribution in [0.25, 0.3) is 0 Å². The third kappa shape index (κ3) is 2.82. The number of carboxylic acid groups (broad SMARTS) is 1. The molecule has 8 heteroatoms. The molecule has 8 nitrogen and oxygen atoms in total. The second-order valence-corrected chi connectivity index (χ2v) is 5.55. The van der Waals surface area contributed by atoms with E-state index in [0.717, 1.165) is 38.3 Å². The summed E-state index contributed by atoms with van der Waals surface area (Å²) in [4.78, 5) is 17.7. The summed E-state index contributed by atoms with van der Waals surface area (Å²) in [5, 5.41) is 16.0. The highest BCUT2D eigenvalue weighted by Crippen LogP contribution is 2.25. The van der Waals surface area contributed by atoms with Crippen LogP contribution in [-0.4, -0.2) is 63.4 Å². The summed E-state index contributed by atoms with van der Waals surface area (Å²) in [6.07, 6.45) is 3.63. The predicted molar refractivity (Wildman–Crippen MR) is 70.8 cm³/mol. The number of rotatable bonds is 4. The molecule has 0 aliphatic carbocycles. The number of hydrazine groups is 1. The van der Waals surface area contributed by atoms with E-state index in [2.05, 4.69) is 30.9 Å². The number of aromatic nitrogens is 3. The van der Waals surface area contributed by atoms with Crippen molar-refractivity contribution in [1.29, 1.82) is 0 Å². The molecule has 0 saturated carbocycles. The number of likely N-dealkylation sites (tertiary alicyclic amines) is 1. The summed E-state index contributed by atoms with van der Waals surface area (Å²) in [5.41, 5.74) is 5.77. The van der Waals surface area contributed by atoms with E-state index in [1.807, 2.05) is 0 Å². The van der Waals surface area contributed by atoms with E-state index >= 15 is 0 Å². The number of aliphatic carboxylic acids is 1. The number of H-pyrrole nitrogens is 1. The topological polar surface area (TPSA) is 106 Å². The quantitative estimate of drug-likeness (QED) is 0.570. The minimum absolute atomic E-state index is 0.120. The molecule has 2 saturated heterocycles. The first kappa shape index (κ1) is 13.5. The zero-order chi connectivity index (χ0) is 13.9. The first-order chi connectivity index (χ1) is 9.74. The van der Waals surface area contributed by atoms with E-state index < -0.39 is 12.0 Å². The number of hydrogen-bond acceptors (Lipinski definition) is 6. The van der Waals surface area contributed by atoms with Gasteiger partial charge in [-0.3, -0.25) is 15.3 Å². The van der Waals surface area contributed by atoms with E-state index in [4.69, 9.17) is 5.11 Å². The minimum Gasteiger partial charge on any atom is -0.480 e. The molecule has 2 fully saturated rings. The lowest BCUT2D eigenvalue weighted by molar-refractivity contribution is -0.140. The molecule has 4 N–H and O–H groups in total. The van der Waals surface area contributed by atoms with Crippen molar-refractivity contribution in [2.75, 3.05) is 26.2 Å². The molecule has 3 rings (SSSR count). The third-order valence-electron chi connectivity index (χ3n) is 4.26. The summed E-state index contributed by atoms with van der Waals surface area (Å²) < 4.78 is 0. The molecule has 2 unspecified atom stereocenters. The van der Waals surface area contributed by atoms with Crippen LogP contribution in [0.1, 0.15) is 24.6 Å². The Hall–Kier alpha value is -1.51. The van der Waals surface area contributed by atoms with E-state index in [1.165, 1.54) is 0 Å². The van der Waals surface area contributed by atoms with Crippen LogP contribution in [-0.2, 0) is 4.79 Å². The van der Waals surface area contributed by atoms with Crippen LogP contribution in [0.5, 0.6) is 0 Å². The molecule has 0 radical (unpaired) electrons. The van der Waals surface area contributed by atoms with E-state index in [9.17, 15) is 4.79 Å². The molecule has 0 aromatic carbocycles. The molecule has 0 bridgehead atoms. The average Bonchev–Trinajstić information content (AvgIpc) is 3.10. The number of carboxylic acids is 1. The zero-order valence-electron chi connectivity index (χ0n) is 11.2. The lowest BCUT2D eigenvalue weighted by Gasteiger charge is -2.33. The van der Waals surface area contributed by atoms with Crippen molar-refractivity contribution in [1.82, 2.24) is 30.9 Å². The maximum atomic E-state index is 11.1. The van der Waals surface area contributed by atoms with Gasteiger partial charge in [-0.1, -0.05) is 0 Å². The Bertz CT molecular complexity index is 443. The molecule has 20 heavy (non-hydrogen) atoms. The highest BCUT2D eigenvalue weighted by Gasteiger charge is 2.34. The standard InChI is InChI=1S/C12H20N6O2/c19-12(20)10-9(5-14-16-10)6-18-3-1-8(2-4-18)11-13-7-15-17-11/h7-10,14,16H,1-6H2,(H,19,20)(H,13,15,17). The minimum atomic E-state index is -0.781. The Labute approximate surface area is 116 Å². The first-order valence-electron chi connectivity index (χ1n) is 7.03. The lowest BCUT2D eigenvalue weighted by Crippen LogP contribution is -2.44. The van der Waals surface area contributed by atoms with Crippen LogP contribution in [0.2, 0.25) is 0 Å². The van der Waals surface area contributed by atoms with E-state index in [-0.39, 0.29) is 5.92 Å². The normalized spacial score (nSPS) is 28.8. The predicted octanol–water partition coefficient (Wildman–Crippen LogP) is -0.839. The van der Waals surface area contributed by atoms with Crippen molar-refractivity contribution in [3.8, 4) is 0 Å². The third-order valence-corrected chi connectivity index (χ3v) is 4.26. The van der Waals surface area contributed by atoms with Gasteiger partial charge in [0.2, 0.25) is 0 Å². The SMILES string of the molecule is O=C(O)C1NNCC1CN1CCC(c2ncn[nH]2)CC1. The second kappa shape index (κ2) is 5.86. The molecule has 0 amide bonds. The number of nitrogens with zero attached hydrogens (tertiary/aromatic N) is 3. The van der Waals surface area contributed by atoms with Gasteiger partial charge in [-0.25, -0.2) is 10.4 Å². The Balaban J connectivity index is 1.50. The van der Waals surface area contributed by atoms with Crippen LogP contribution < -0.4 is 10.9 Å². The van der Waals surface area contributed by atoms with Crippen LogP contribution >= 0.6 is 0 Å². The summed E-state index contributed by atoms with van der Waals surface area (Å²) in [5.74, 6) is 0.756. The molecule has 2 atom stereocenters. The number of aromatic amines is 1. The van der Waals surface area contributed by atoms with Crippen molar-refractivity contribution in [3.63, 3.8) is 0 Å². The van der Waals surface area contributed by atoms with Gasteiger partial charge in [0, 0.05) is 24.9 Å². The van der Waals surface area contributed by atoms with Crippen molar-refractivity contribution >= 4 is 5.97 Å². The van der Waals surface area contributed by atoms with Gasteiger partial charge < -0.3 is 10.0 Å². The van der Waals surface area contributed by atoms with Crippen molar-refractivity contribution < 1.29 is 9.90 Å². The van der Waals surface area contributed by atoms with Crippen LogP contribution in [0.15, 0.2) is 6.33 Å². The second-order valence-electron chi connectivity index (χ2n) is 5.55. The van der Waals surface area contributed by atoms with E-state index in [0.29, 0.717) is 12.5 Å². The summed E-state index contributed by atoms with van der Waals surface area (Å²) in [6.45, 7) is 3.49. The van der Waals surface area contributed by atoms with Gasteiger partial charge in [-0.2, -0.15) is 5.10 Å². The Kier molecular flexibility index (Phi) is 3.95. The molecule has 1 aromatic rings. The summed E-state index contributed by atoms with van der Waals surface area (Å²) in [6, 6.07) is -0.484. The van der Waals surface area contributed by atoms with Gasteiger partial charge in [-0.05, 0) is 25.9 Å². The Morgan fingerprint density at radius 2 is 2.25 bits per heavy atom. The number of hydrogen-bond donors (Lipinski definition) is 4. The van der Waals surface area contributed by atoms with Crippen LogP contribution in [0, 0.1) is 5.92 Å². The van der Waals surface area contributed by atoms with Gasteiger partial charge in [-0.15, -0.1) is 0 Å². The van der Waals surface area contributed by atoms with Crippen LogP contribution in [0.3, 0.4) is 0 Å². The molecule has 3 heterocycles. The molecular weight excluding hydrogens is 260 g/mol. The average molecular weight is 280 g/mol. The molecule has 110 valence electrons. The highest BCUT2D eigenvalue weighted by molar-refractivity contribution is 5.74. The smallest absolute Gasteiger partial charge is 0.322 e. The van der Waals surface area contributed by atoms with Gasteiger partial charge >= 0.3 is 5.97 Å². The molecular formula is C12H20N6O2. The molecule has 1 aromatic heterocycles. The van der Waals surface area contributed by atoms with Crippen molar-refractivity contribution in [3.05, 3.63) is 12.2 Å². The number of piperidine rings is 1. The Morgan fingerprint density at radius 3 is 2.90 bits per heavy atom. The monoisotopic (exact) mass is 280 g/mol. The van der Waals surface area contributed by atoms with Crippen molar-refractivity contribution in [2.24, 2.45) is 5.92 Å². The maximum absolute atomic E-state index is 11.1.